The van der Waals surface area contributed by atoms with E-state index in [0.717, 1.165) is 0 Å². The van der Waals surface area contributed by atoms with E-state index in [1.54, 1.807) is 24.4 Å². The topological polar surface area (TPSA) is 105 Å². The number of aromatic nitrogens is 3. The van der Waals surface area contributed by atoms with Gasteiger partial charge in [-0.2, -0.15) is 4.98 Å². The van der Waals surface area contributed by atoms with E-state index in [1.807, 2.05) is 24.3 Å². The van der Waals surface area contributed by atoms with Crippen molar-refractivity contribution in [3.63, 3.8) is 0 Å². The Kier molecular flexibility index (Phi) is 4.34. The van der Waals surface area contributed by atoms with Gasteiger partial charge in [0.25, 0.3) is 0 Å². The molecule has 0 atom stereocenters. The Morgan fingerprint density at radius 3 is 2.57 bits per heavy atom. The minimum Gasteiger partial charge on any atom is -0.476 e. The number of hydrogen-bond donors (Lipinski definition) is 2. The number of nitrogens with zero attached hydrogens (tertiary/aromatic N) is 3. The third-order valence-electron chi connectivity index (χ3n) is 3.08. The second-order valence-electron chi connectivity index (χ2n) is 4.82. The lowest BCUT2D eigenvalue weighted by Crippen LogP contribution is -2.06. The van der Waals surface area contributed by atoms with Crippen LogP contribution in [0.4, 0.5) is 0 Å². The molecule has 3 rings (SSSR count). The summed E-state index contributed by atoms with van der Waals surface area (Å²) in [5, 5.41) is 0.679. The molecule has 7 nitrogen and oxygen atoms in total. The molecule has 3 aromatic rings. The van der Waals surface area contributed by atoms with Crippen LogP contribution in [0.25, 0.3) is 22.4 Å². The van der Waals surface area contributed by atoms with Gasteiger partial charge in [-0.1, -0.05) is 18.2 Å². The quantitative estimate of drug-likeness (QED) is 0.691. The maximum Gasteiger partial charge on any atom is 0.328 e. The Balaban J connectivity index is 1.99. The van der Waals surface area contributed by atoms with E-state index in [2.05, 4.69) is 15.0 Å². The molecule has 2 heterocycles. The van der Waals surface area contributed by atoms with Crippen LogP contribution in [0.2, 0.25) is 0 Å². The molecule has 2 aromatic heterocycles. The van der Waals surface area contributed by atoms with E-state index >= 15 is 0 Å². The van der Waals surface area contributed by atoms with E-state index in [4.69, 9.17) is 14.5 Å². The first kappa shape index (κ1) is 15.6. The maximum atomic E-state index is 10.9. The predicted octanol–water partition coefficient (Wildman–Crippen LogP) is 2.25. The summed E-state index contributed by atoms with van der Waals surface area (Å²) in [7, 11) is -4.11. The van der Waals surface area contributed by atoms with Crippen molar-refractivity contribution in [2.75, 3.05) is 12.8 Å². The summed E-state index contributed by atoms with van der Waals surface area (Å²) in [4.78, 5) is 30.9. The molecule has 0 saturated heterocycles. The zero-order valence-electron chi connectivity index (χ0n) is 12.0. The van der Waals surface area contributed by atoms with Gasteiger partial charge in [0.15, 0.2) is 5.82 Å². The van der Waals surface area contributed by atoms with E-state index in [1.165, 1.54) is 0 Å². The summed E-state index contributed by atoms with van der Waals surface area (Å²) in [6.45, 7) is -0.132. The van der Waals surface area contributed by atoms with E-state index in [0.29, 0.717) is 22.4 Å². The van der Waals surface area contributed by atoms with Crippen molar-refractivity contribution in [2.24, 2.45) is 0 Å². The first-order chi connectivity index (χ1) is 11.0. The molecule has 1 aromatic carbocycles. The molecule has 0 fully saturated rings. The van der Waals surface area contributed by atoms with Crippen LogP contribution in [0.3, 0.4) is 0 Å². The minimum atomic E-state index is -4.11. The molecule has 0 bridgehead atoms. The van der Waals surface area contributed by atoms with Crippen molar-refractivity contribution in [3.8, 4) is 17.4 Å². The van der Waals surface area contributed by atoms with Gasteiger partial charge in [-0.15, -0.1) is 0 Å². The van der Waals surface area contributed by atoms with E-state index < -0.39 is 7.60 Å². The Morgan fingerprint density at radius 2 is 1.83 bits per heavy atom. The lowest BCUT2D eigenvalue weighted by molar-refractivity contribution is 0.310. The fraction of sp³-hybridized carbons (Fsp3) is 0.133. The molecule has 0 saturated carbocycles. The monoisotopic (exact) mass is 331 g/mol. The molecule has 2 N–H and O–H groups in total. The summed E-state index contributed by atoms with van der Waals surface area (Å²) < 4.78 is 16.4. The van der Waals surface area contributed by atoms with Gasteiger partial charge in [-0.25, -0.2) is 4.98 Å². The molecule has 0 spiro atoms. The number of hydrogen-bond acceptors (Lipinski definition) is 5. The van der Waals surface area contributed by atoms with Crippen LogP contribution in [0.5, 0.6) is 5.88 Å². The lowest BCUT2D eigenvalue weighted by Gasteiger charge is -2.10. The van der Waals surface area contributed by atoms with Gasteiger partial charge in [-0.3, -0.25) is 9.55 Å². The van der Waals surface area contributed by atoms with Gasteiger partial charge in [-0.05, 0) is 24.3 Å². The van der Waals surface area contributed by atoms with Crippen LogP contribution < -0.4 is 4.74 Å². The zero-order chi connectivity index (χ0) is 16.3. The molecule has 0 unspecified atom stereocenters. The normalized spacial score (nSPS) is 11.6. The van der Waals surface area contributed by atoms with Crippen LogP contribution in [-0.4, -0.2) is 37.5 Å². The predicted molar refractivity (Wildman–Crippen MR) is 85.2 cm³/mol. The molecular formula is C15H14N3O4P. The van der Waals surface area contributed by atoms with Crippen LogP contribution in [-0.2, 0) is 4.57 Å². The van der Waals surface area contributed by atoms with Crippen molar-refractivity contribution >= 4 is 18.5 Å². The Labute approximate surface area is 132 Å². The molecular weight excluding hydrogens is 317 g/mol. The lowest BCUT2D eigenvalue weighted by atomic mass is 10.2. The number of ether oxygens (including phenoxy) is 1. The van der Waals surface area contributed by atoms with Crippen molar-refractivity contribution in [3.05, 3.63) is 48.7 Å². The third kappa shape index (κ3) is 3.90. The molecule has 118 valence electrons. The van der Waals surface area contributed by atoms with Crippen molar-refractivity contribution in [2.45, 2.75) is 0 Å². The molecule has 0 radical (unpaired) electrons. The van der Waals surface area contributed by atoms with Crippen LogP contribution in [0.1, 0.15) is 0 Å². The summed E-state index contributed by atoms with van der Waals surface area (Å²) in [6.07, 6.45) is 1.27. The molecule has 0 aliphatic carbocycles. The van der Waals surface area contributed by atoms with Crippen LogP contribution in [0, 0.1) is 0 Å². The standard InChI is InChI=1S/C15H14N3O4P/c19-23(20,21)10-9-22-15-11-5-1-2-6-12(11)17-14(18-15)13-7-3-4-8-16-13/h1-8H,9-10H2,(H2,19,20,21). The average Bonchev–Trinajstić information content (AvgIpc) is 2.54. The Hall–Kier alpha value is -2.34. The molecule has 0 amide bonds. The van der Waals surface area contributed by atoms with E-state index in [9.17, 15) is 4.57 Å². The van der Waals surface area contributed by atoms with Crippen molar-refractivity contribution in [1.82, 2.24) is 15.0 Å². The highest BCUT2D eigenvalue weighted by molar-refractivity contribution is 7.51. The summed E-state index contributed by atoms with van der Waals surface area (Å²) in [5.74, 6) is 0.681. The van der Waals surface area contributed by atoms with Gasteiger partial charge < -0.3 is 14.5 Å². The van der Waals surface area contributed by atoms with Gasteiger partial charge in [0.05, 0.1) is 17.1 Å². The number of fused-ring (bicyclic) bond motifs is 1. The highest BCUT2D eigenvalue weighted by atomic mass is 31.2. The first-order valence-electron chi connectivity index (χ1n) is 6.88. The third-order valence-corrected chi connectivity index (χ3v) is 3.85. The number of para-hydroxylation sites is 1. The molecule has 0 aliphatic rings. The number of rotatable bonds is 5. The maximum absolute atomic E-state index is 10.9. The summed E-state index contributed by atoms with van der Waals surface area (Å²) in [5.41, 5.74) is 1.27. The zero-order valence-corrected chi connectivity index (χ0v) is 12.9. The fourth-order valence-corrected chi connectivity index (χ4v) is 2.36. The summed E-state index contributed by atoms with van der Waals surface area (Å²) in [6, 6.07) is 12.7. The smallest absolute Gasteiger partial charge is 0.328 e. The minimum absolute atomic E-state index is 0.132. The molecule has 0 aliphatic heterocycles. The fourth-order valence-electron chi connectivity index (χ4n) is 2.03. The Bertz CT molecular complexity index is 867. The second-order valence-corrected chi connectivity index (χ2v) is 6.60. The van der Waals surface area contributed by atoms with Gasteiger partial charge in [0.2, 0.25) is 5.88 Å². The van der Waals surface area contributed by atoms with Gasteiger partial charge in [0, 0.05) is 6.20 Å². The van der Waals surface area contributed by atoms with Gasteiger partial charge in [0.1, 0.15) is 12.3 Å². The van der Waals surface area contributed by atoms with Gasteiger partial charge >= 0.3 is 7.60 Å². The highest BCUT2D eigenvalue weighted by Crippen LogP contribution is 2.34. The first-order valence-corrected chi connectivity index (χ1v) is 8.68. The average molecular weight is 331 g/mol. The Morgan fingerprint density at radius 1 is 1.04 bits per heavy atom. The van der Waals surface area contributed by atoms with Crippen molar-refractivity contribution < 1.29 is 19.1 Å². The number of benzene rings is 1. The van der Waals surface area contributed by atoms with Crippen LogP contribution >= 0.6 is 7.60 Å². The van der Waals surface area contributed by atoms with Crippen LogP contribution in [0.15, 0.2) is 48.7 Å². The highest BCUT2D eigenvalue weighted by Gasteiger charge is 2.15. The molecule has 23 heavy (non-hydrogen) atoms. The van der Waals surface area contributed by atoms with E-state index in [-0.39, 0.29) is 18.6 Å². The molecule has 8 heteroatoms. The van der Waals surface area contributed by atoms with Crippen molar-refractivity contribution in [1.29, 1.82) is 0 Å². The second kappa shape index (κ2) is 6.42. The number of pyridine rings is 1. The largest absolute Gasteiger partial charge is 0.476 e. The SMILES string of the molecule is O=P(O)(O)CCOc1nc(-c2ccccn2)nc2ccccc12. The summed E-state index contributed by atoms with van der Waals surface area (Å²) >= 11 is 0.